The number of hydrogen-bond donors (Lipinski definition) is 0. The van der Waals surface area contributed by atoms with E-state index in [1.54, 1.807) is 19.1 Å². The van der Waals surface area contributed by atoms with Crippen LogP contribution in [0.5, 0.6) is 0 Å². The van der Waals surface area contributed by atoms with Gasteiger partial charge in [0.1, 0.15) is 0 Å². The Balaban J connectivity index is 2.64. The Morgan fingerprint density at radius 2 is 2.20 bits per heavy atom. The minimum atomic E-state index is -0.693. The van der Waals surface area contributed by atoms with E-state index in [-0.39, 0.29) is 11.5 Å². The molecule has 1 aliphatic rings. The van der Waals surface area contributed by atoms with Crippen LogP contribution in [0.3, 0.4) is 0 Å². The number of carbonyl (C=O) groups excluding carboxylic acids is 1. The third-order valence-corrected chi connectivity index (χ3v) is 3.22. The van der Waals surface area contributed by atoms with Gasteiger partial charge in [-0.3, -0.25) is 14.9 Å². The molecule has 1 aromatic carbocycles. The van der Waals surface area contributed by atoms with Crippen molar-refractivity contribution in [3.63, 3.8) is 0 Å². The molecule has 0 aromatic heterocycles. The van der Waals surface area contributed by atoms with Gasteiger partial charge in [-0.05, 0) is 6.92 Å². The van der Waals surface area contributed by atoms with E-state index in [0.29, 0.717) is 17.5 Å². The fraction of sp³-hybridized carbons (Fsp3) is 0.300. The molecule has 0 radical (unpaired) electrons. The summed E-state index contributed by atoms with van der Waals surface area (Å²) in [6.45, 7) is 1.74. The molecule has 1 aliphatic carbocycles. The number of hydrogen-bond acceptors (Lipinski definition) is 3. The normalized spacial score (nSPS) is 24.0. The van der Waals surface area contributed by atoms with Crippen LogP contribution in [0.25, 0.3) is 0 Å². The number of fused-ring (bicyclic) bond motifs is 1. The van der Waals surface area contributed by atoms with Gasteiger partial charge in [-0.1, -0.05) is 28.1 Å². The van der Waals surface area contributed by atoms with Gasteiger partial charge < -0.3 is 0 Å². The van der Waals surface area contributed by atoms with Gasteiger partial charge in [0.15, 0.2) is 5.78 Å². The summed E-state index contributed by atoms with van der Waals surface area (Å²) in [7, 11) is 0. The fourth-order valence-electron chi connectivity index (χ4n) is 1.84. The molecular weight excluding hydrogens is 262 g/mol. The molecule has 0 saturated carbocycles. The molecule has 1 unspecified atom stereocenters. The largest absolute Gasteiger partial charge is 0.293 e. The summed E-state index contributed by atoms with van der Waals surface area (Å²) >= 11 is 3.30. The molecular formula is C10H8BrNO3. The van der Waals surface area contributed by atoms with Crippen LogP contribution in [0.1, 0.15) is 22.8 Å². The number of ketones is 1. The van der Waals surface area contributed by atoms with E-state index in [1.165, 1.54) is 6.07 Å². The summed E-state index contributed by atoms with van der Waals surface area (Å²) in [5, 5.41) is 10.8. The third-order valence-electron chi connectivity index (χ3n) is 2.57. The zero-order chi connectivity index (χ0) is 11.2. The zero-order valence-electron chi connectivity index (χ0n) is 7.99. The maximum Gasteiger partial charge on any atom is 0.273 e. The van der Waals surface area contributed by atoms with E-state index in [2.05, 4.69) is 15.9 Å². The molecule has 0 fully saturated rings. The molecule has 0 N–H and O–H groups in total. The molecule has 0 aliphatic heterocycles. The molecule has 0 heterocycles. The van der Waals surface area contributed by atoms with Crippen molar-refractivity contribution < 1.29 is 9.72 Å². The van der Waals surface area contributed by atoms with Crippen LogP contribution in [0, 0.1) is 10.1 Å². The Kier molecular flexibility index (Phi) is 2.15. The molecule has 0 bridgehead atoms. The lowest BCUT2D eigenvalue weighted by atomic mass is 10.1. The highest BCUT2D eigenvalue weighted by molar-refractivity contribution is 9.10. The van der Waals surface area contributed by atoms with Crippen LogP contribution in [0.4, 0.5) is 5.69 Å². The molecule has 2 rings (SSSR count). The molecule has 0 spiro atoms. The predicted molar refractivity (Wildman–Crippen MR) is 58.5 cm³/mol. The van der Waals surface area contributed by atoms with Crippen molar-refractivity contribution in [3.8, 4) is 0 Å². The number of nitro groups is 1. The second-order valence-electron chi connectivity index (χ2n) is 3.76. The molecule has 0 saturated heterocycles. The average Bonchev–Trinajstić information content (AvgIpc) is 2.37. The lowest BCUT2D eigenvalue weighted by Crippen LogP contribution is -2.23. The highest BCUT2D eigenvalue weighted by atomic mass is 79.9. The quantitative estimate of drug-likeness (QED) is 0.447. The second kappa shape index (κ2) is 3.13. The van der Waals surface area contributed by atoms with Gasteiger partial charge in [0.2, 0.25) is 0 Å². The number of halogens is 1. The van der Waals surface area contributed by atoms with E-state index in [1.807, 2.05) is 0 Å². The summed E-state index contributed by atoms with van der Waals surface area (Å²) in [5.41, 5.74) is 1.03. The Morgan fingerprint density at radius 1 is 1.53 bits per heavy atom. The number of rotatable bonds is 1. The van der Waals surface area contributed by atoms with Gasteiger partial charge in [-0.2, -0.15) is 0 Å². The molecule has 1 aromatic rings. The average molecular weight is 270 g/mol. The maximum absolute atomic E-state index is 11.8. The van der Waals surface area contributed by atoms with Gasteiger partial charge >= 0.3 is 0 Å². The van der Waals surface area contributed by atoms with Crippen molar-refractivity contribution in [3.05, 3.63) is 39.4 Å². The smallest absolute Gasteiger partial charge is 0.273 e. The van der Waals surface area contributed by atoms with Gasteiger partial charge in [-0.25, -0.2) is 0 Å². The van der Waals surface area contributed by atoms with Gasteiger partial charge in [0.25, 0.3) is 5.69 Å². The van der Waals surface area contributed by atoms with Crippen molar-refractivity contribution in [1.82, 2.24) is 0 Å². The lowest BCUT2D eigenvalue weighted by molar-refractivity contribution is -0.385. The number of nitrogens with zero attached hydrogens (tertiary/aromatic N) is 1. The minimum absolute atomic E-state index is 0.0315. The summed E-state index contributed by atoms with van der Waals surface area (Å²) in [6.07, 6.45) is 0.373. The van der Waals surface area contributed by atoms with E-state index in [4.69, 9.17) is 0 Å². The lowest BCUT2D eigenvalue weighted by Gasteiger charge is -2.10. The zero-order valence-corrected chi connectivity index (χ0v) is 9.58. The van der Waals surface area contributed by atoms with Crippen LogP contribution in [-0.4, -0.2) is 15.0 Å². The van der Waals surface area contributed by atoms with E-state index in [0.717, 1.165) is 0 Å². The topological polar surface area (TPSA) is 60.2 Å². The van der Waals surface area contributed by atoms with Crippen molar-refractivity contribution in [2.75, 3.05) is 0 Å². The number of carbonyl (C=O) groups is 1. The summed E-state index contributed by atoms with van der Waals surface area (Å²) in [5.74, 6) is -0.0822. The van der Waals surface area contributed by atoms with Crippen LogP contribution >= 0.6 is 15.9 Å². The van der Waals surface area contributed by atoms with Crippen LogP contribution < -0.4 is 0 Å². The SMILES string of the molecule is CC1(Br)Cc2c(cccc2[N+](=O)[O-])C1=O. The maximum atomic E-state index is 11.8. The Bertz CT molecular complexity index is 468. The first-order valence-corrected chi connectivity index (χ1v) is 5.23. The highest BCUT2D eigenvalue weighted by Crippen LogP contribution is 2.40. The van der Waals surface area contributed by atoms with Crippen LogP contribution in [0.15, 0.2) is 18.2 Å². The second-order valence-corrected chi connectivity index (χ2v) is 5.51. The van der Waals surface area contributed by atoms with Gasteiger partial charge in [0, 0.05) is 23.6 Å². The minimum Gasteiger partial charge on any atom is -0.293 e. The molecule has 0 amide bonds. The summed E-state index contributed by atoms with van der Waals surface area (Å²) < 4.78 is -0.693. The molecule has 5 heteroatoms. The molecule has 1 atom stereocenters. The van der Waals surface area contributed by atoms with Crippen LogP contribution in [-0.2, 0) is 6.42 Å². The first-order valence-electron chi connectivity index (χ1n) is 4.43. The summed E-state index contributed by atoms with van der Waals surface area (Å²) in [4.78, 5) is 22.1. The monoisotopic (exact) mass is 269 g/mol. The van der Waals surface area contributed by atoms with Crippen LogP contribution in [0.2, 0.25) is 0 Å². The van der Waals surface area contributed by atoms with Crippen molar-refractivity contribution in [2.45, 2.75) is 17.7 Å². The number of nitro benzene ring substituents is 1. The van der Waals surface area contributed by atoms with E-state index < -0.39 is 9.25 Å². The summed E-state index contributed by atoms with van der Waals surface area (Å²) in [6, 6.07) is 4.61. The number of Topliss-reactive ketones (excluding diaryl/α,β-unsaturated/α-hetero) is 1. The first kappa shape index (κ1) is 10.3. The Hall–Kier alpha value is -1.23. The van der Waals surface area contributed by atoms with Crippen molar-refractivity contribution >= 4 is 27.4 Å². The first-order chi connectivity index (χ1) is 6.93. The molecule has 78 valence electrons. The van der Waals surface area contributed by atoms with E-state index >= 15 is 0 Å². The predicted octanol–water partition coefficient (Wildman–Crippen LogP) is 2.49. The van der Waals surface area contributed by atoms with Crippen molar-refractivity contribution in [2.24, 2.45) is 0 Å². The standard InChI is InChI=1S/C10H8BrNO3/c1-10(11)5-7-6(9(10)13)3-2-4-8(7)12(14)15/h2-4H,5H2,1H3. The third kappa shape index (κ3) is 1.47. The fourth-order valence-corrected chi connectivity index (χ4v) is 2.33. The Morgan fingerprint density at radius 3 is 2.80 bits per heavy atom. The highest BCUT2D eigenvalue weighted by Gasteiger charge is 2.42. The molecule has 4 nitrogen and oxygen atoms in total. The van der Waals surface area contributed by atoms with Gasteiger partial charge in [0.05, 0.1) is 9.25 Å². The number of benzene rings is 1. The van der Waals surface area contributed by atoms with Crippen molar-refractivity contribution in [1.29, 1.82) is 0 Å². The van der Waals surface area contributed by atoms with Gasteiger partial charge in [-0.15, -0.1) is 0 Å². The Labute approximate surface area is 94.6 Å². The molecule has 15 heavy (non-hydrogen) atoms. The number of alkyl halides is 1. The van der Waals surface area contributed by atoms with E-state index in [9.17, 15) is 14.9 Å².